The van der Waals surface area contributed by atoms with E-state index in [1.54, 1.807) is 6.92 Å². The van der Waals surface area contributed by atoms with E-state index in [0.717, 1.165) is 0 Å². The molecule has 0 spiro atoms. The second-order valence-electron chi connectivity index (χ2n) is 7.10. The molecule has 9 heteroatoms. The topological polar surface area (TPSA) is 146 Å². The van der Waals surface area contributed by atoms with Crippen LogP contribution in [0.4, 0.5) is 0 Å². The van der Waals surface area contributed by atoms with Crippen LogP contribution in [0.1, 0.15) is 19.8 Å². The molecule has 0 aromatic rings. The molecule has 3 aliphatic rings. The Morgan fingerprint density at radius 3 is 2.64 bits per heavy atom. The van der Waals surface area contributed by atoms with Gasteiger partial charge in [0.2, 0.25) is 6.29 Å². The molecule has 1 saturated carbocycles. The molecule has 0 amide bonds. The smallest absolute Gasteiger partial charge is 0.207 e. The van der Waals surface area contributed by atoms with E-state index in [2.05, 4.69) is 0 Å². The highest BCUT2D eigenvalue weighted by Crippen LogP contribution is 2.48. The summed E-state index contributed by atoms with van der Waals surface area (Å²) >= 11 is 0. The Morgan fingerprint density at radius 1 is 1.28 bits per heavy atom. The van der Waals surface area contributed by atoms with Crippen molar-refractivity contribution in [1.82, 2.24) is 0 Å². The Balaban J connectivity index is 1.79. The summed E-state index contributed by atoms with van der Waals surface area (Å²) in [7, 11) is 0. The molecule has 2 aliphatic heterocycles. The van der Waals surface area contributed by atoms with E-state index in [0.29, 0.717) is 24.7 Å². The first-order valence-corrected chi connectivity index (χ1v) is 8.29. The minimum atomic E-state index is -1.57. The van der Waals surface area contributed by atoms with Gasteiger partial charge in [0.1, 0.15) is 30.7 Å². The van der Waals surface area contributed by atoms with Crippen molar-refractivity contribution in [2.24, 2.45) is 11.8 Å². The van der Waals surface area contributed by atoms with Crippen LogP contribution in [0.2, 0.25) is 0 Å². The Kier molecular flexibility index (Phi) is 5.18. The molecule has 0 aromatic heterocycles. The number of hydrogen-bond donors (Lipinski definition) is 5. The summed E-state index contributed by atoms with van der Waals surface area (Å²) in [5.74, 6) is -0.818. The first-order valence-electron chi connectivity index (χ1n) is 8.29. The Hall–Kier alpha value is -1.07. The van der Waals surface area contributed by atoms with Gasteiger partial charge in [-0.1, -0.05) is 0 Å². The molecule has 142 valence electrons. The highest BCUT2D eigenvalue weighted by atomic mass is 16.8. The van der Waals surface area contributed by atoms with Gasteiger partial charge in [-0.2, -0.15) is 0 Å². The van der Waals surface area contributed by atoms with E-state index in [9.17, 15) is 30.3 Å². The number of aliphatic hydroxyl groups excluding tert-OH is 4. The third-order valence-electron chi connectivity index (χ3n) is 5.43. The predicted molar refractivity (Wildman–Crippen MR) is 80.7 cm³/mol. The summed E-state index contributed by atoms with van der Waals surface area (Å²) < 4.78 is 16.4. The molecule has 0 radical (unpaired) electrons. The van der Waals surface area contributed by atoms with Crippen molar-refractivity contribution in [3.05, 3.63) is 11.8 Å². The summed E-state index contributed by atoms with van der Waals surface area (Å²) in [5.41, 5.74) is -0.720. The van der Waals surface area contributed by atoms with Crippen molar-refractivity contribution < 1.29 is 44.5 Å². The zero-order chi connectivity index (χ0) is 18.4. The molecule has 9 nitrogen and oxygen atoms in total. The fraction of sp³-hybridized carbons (Fsp3) is 0.812. The molecule has 9 atom stereocenters. The number of ether oxygens (including phenoxy) is 3. The minimum Gasteiger partial charge on any atom is -0.472 e. The molecule has 1 aliphatic carbocycles. The van der Waals surface area contributed by atoms with E-state index >= 15 is 0 Å². The molecule has 2 heterocycles. The van der Waals surface area contributed by atoms with Gasteiger partial charge in [-0.25, -0.2) is 0 Å². The molecule has 0 unspecified atom stereocenters. The third-order valence-corrected chi connectivity index (χ3v) is 5.43. The van der Waals surface area contributed by atoms with Crippen LogP contribution in [0.3, 0.4) is 0 Å². The quantitative estimate of drug-likeness (QED) is 0.360. The molecule has 0 bridgehead atoms. The Labute approximate surface area is 144 Å². The Bertz CT molecular complexity index is 532. The maximum Gasteiger partial charge on any atom is 0.207 e. The van der Waals surface area contributed by atoms with Gasteiger partial charge >= 0.3 is 0 Å². The average molecular weight is 360 g/mol. The van der Waals surface area contributed by atoms with Crippen molar-refractivity contribution >= 4 is 6.29 Å². The van der Waals surface area contributed by atoms with E-state index in [1.807, 2.05) is 0 Å². The minimum absolute atomic E-state index is 0.254. The van der Waals surface area contributed by atoms with Gasteiger partial charge in [0.05, 0.1) is 24.4 Å². The number of allylic oxidation sites excluding steroid dienone is 1. The highest BCUT2D eigenvalue weighted by Gasteiger charge is 2.54. The summed E-state index contributed by atoms with van der Waals surface area (Å²) in [6.45, 7) is 1.05. The lowest BCUT2D eigenvalue weighted by molar-refractivity contribution is -0.346. The number of rotatable bonds is 4. The van der Waals surface area contributed by atoms with E-state index in [-0.39, 0.29) is 5.92 Å². The molecule has 2 fully saturated rings. The van der Waals surface area contributed by atoms with Gasteiger partial charge < -0.3 is 39.7 Å². The Morgan fingerprint density at radius 2 is 2.00 bits per heavy atom. The van der Waals surface area contributed by atoms with Crippen molar-refractivity contribution in [3.8, 4) is 0 Å². The van der Waals surface area contributed by atoms with Gasteiger partial charge in [0, 0.05) is 11.5 Å². The highest BCUT2D eigenvalue weighted by molar-refractivity contribution is 5.74. The zero-order valence-corrected chi connectivity index (χ0v) is 13.8. The van der Waals surface area contributed by atoms with Crippen LogP contribution in [0, 0.1) is 11.8 Å². The van der Waals surface area contributed by atoms with E-state index in [1.165, 1.54) is 6.26 Å². The second-order valence-corrected chi connectivity index (χ2v) is 7.10. The first-order chi connectivity index (χ1) is 11.8. The van der Waals surface area contributed by atoms with Crippen LogP contribution >= 0.6 is 0 Å². The molecule has 1 saturated heterocycles. The average Bonchev–Trinajstić information content (AvgIpc) is 2.92. The summed E-state index contributed by atoms with van der Waals surface area (Å²) in [4.78, 5) is 11.2. The van der Waals surface area contributed by atoms with Crippen molar-refractivity contribution in [2.45, 2.75) is 62.4 Å². The zero-order valence-electron chi connectivity index (χ0n) is 13.8. The van der Waals surface area contributed by atoms with Crippen molar-refractivity contribution in [3.63, 3.8) is 0 Å². The van der Waals surface area contributed by atoms with E-state index < -0.39 is 55.1 Å². The fourth-order valence-electron chi connectivity index (χ4n) is 3.95. The fourth-order valence-corrected chi connectivity index (χ4v) is 3.95. The number of aliphatic hydroxyl groups is 5. The molecular formula is C16H24O9. The predicted octanol–water partition coefficient (Wildman–Crippen LogP) is -1.98. The van der Waals surface area contributed by atoms with Crippen LogP contribution in [0.25, 0.3) is 0 Å². The van der Waals surface area contributed by atoms with Gasteiger partial charge in [0.15, 0.2) is 6.29 Å². The number of carbonyl (C=O) groups excluding carboxylic acids is 1. The number of fused-ring (bicyclic) bond motifs is 1. The maximum absolute atomic E-state index is 11.2. The number of hydrogen-bond acceptors (Lipinski definition) is 9. The number of carbonyl (C=O) groups is 1. The normalized spacial score (nSPS) is 49.9. The van der Waals surface area contributed by atoms with Crippen molar-refractivity contribution in [2.75, 3.05) is 6.61 Å². The molecule has 5 N–H and O–H groups in total. The molecule has 3 rings (SSSR count). The first kappa shape index (κ1) is 18.7. The molecule has 25 heavy (non-hydrogen) atoms. The summed E-state index contributed by atoms with van der Waals surface area (Å²) in [5, 5.41) is 49.6. The lowest BCUT2D eigenvalue weighted by Gasteiger charge is -2.44. The maximum atomic E-state index is 11.2. The lowest BCUT2D eigenvalue weighted by Crippen LogP contribution is -2.60. The third kappa shape index (κ3) is 3.21. The van der Waals surface area contributed by atoms with Gasteiger partial charge in [-0.05, 0) is 19.8 Å². The molecular weight excluding hydrogens is 336 g/mol. The van der Waals surface area contributed by atoms with Gasteiger partial charge in [-0.3, -0.25) is 4.79 Å². The summed E-state index contributed by atoms with van der Waals surface area (Å²) in [6, 6.07) is 0. The van der Waals surface area contributed by atoms with Crippen LogP contribution in [-0.4, -0.2) is 81.0 Å². The standard InChI is InChI=1S/C16H24O9/c1-16(22)3-2-8-7(4-17)6-23-14(10(8)16)25-15-13(21)12(20)11(19)9(5-18)24-15/h4,6,8-15,18-22H,2-3,5H2,1H3/t8-,9-,10-,11-,12+,13+,14+,15+,16+/m1/s1. The summed E-state index contributed by atoms with van der Waals surface area (Å²) in [6.07, 6.45) is -5.14. The largest absolute Gasteiger partial charge is 0.472 e. The van der Waals surface area contributed by atoms with Crippen LogP contribution in [-0.2, 0) is 19.0 Å². The van der Waals surface area contributed by atoms with Gasteiger partial charge in [-0.15, -0.1) is 0 Å². The van der Waals surface area contributed by atoms with Gasteiger partial charge in [0.25, 0.3) is 0 Å². The van der Waals surface area contributed by atoms with Crippen LogP contribution in [0.15, 0.2) is 11.8 Å². The van der Waals surface area contributed by atoms with Crippen molar-refractivity contribution in [1.29, 1.82) is 0 Å². The lowest BCUT2D eigenvalue weighted by atomic mass is 9.81. The van der Waals surface area contributed by atoms with Crippen LogP contribution in [0.5, 0.6) is 0 Å². The van der Waals surface area contributed by atoms with E-state index in [4.69, 9.17) is 14.2 Å². The van der Waals surface area contributed by atoms with Crippen LogP contribution < -0.4 is 0 Å². The number of aldehydes is 1. The second kappa shape index (κ2) is 6.92. The SMILES string of the molecule is C[C@]1(O)CC[C@@H]2C(C=O)=CO[C@@H](O[C@@H]3O[C@H](CO)[C@@H](O)[C@H](O)[C@@H]3O)[C@@H]21. The monoisotopic (exact) mass is 360 g/mol. The molecule has 0 aromatic carbocycles.